The lowest BCUT2D eigenvalue weighted by atomic mass is 9.93. The largest absolute Gasteiger partial charge is 0.383 e. The van der Waals surface area contributed by atoms with E-state index >= 15 is 0 Å². The molecule has 0 bridgehead atoms. The van der Waals surface area contributed by atoms with E-state index in [1.54, 1.807) is 21.7 Å². The maximum Gasteiger partial charge on any atom is 0.292 e. The first kappa shape index (κ1) is 20.8. The molecule has 5 aromatic rings. The number of anilines is 1. The van der Waals surface area contributed by atoms with Gasteiger partial charge in [-0.1, -0.05) is 23.4 Å². The van der Waals surface area contributed by atoms with E-state index < -0.39 is 0 Å². The fraction of sp³-hybridized carbons (Fsp3) is 0.208. The molecule has 9 nitrogen and oxygen atoms in total. The lowest BCUT2D eigenvalue weighted by molar-refractivity contribution is 0.0670. The van der Waals surface area contributed by atoms with Crippen LogP contribution in [0.25, 0.3) is 27.7 Å². The Morgan fingerprint density at radius 2 is 1.97 bits per heavy atom. The molecular weight excluding hydrogens is 498 g/mol. The molecule has 0 unspecified atom stereocenters. The number of rotatable bonds is 3. The SMILES string of the molecule is Nc1c(Br)c(C2CCN(C(=O)c3ccno3)CC2)nc2c(-c3cnc4ccccc4c3)cnn12. The summed E-state index contributed by atoms with van der Waals surface area (Å²) in [5, 5.41) is 9.17. The number of carbonyl (C=O) groups is 1. The van der Waals surface area contributed by atoms with Crippen LogP contribution in [0.15, 0.2) is 64.0 Å². The van der Waals surface area contributed by atoms with Crippen molar-refractivity contribution in [2.24, 2.45) is 0 Å². The number of likely N-dealkylation sites (tertiary alicyclic amines) is 1. The van der Waals surface area contributed by atoms with E-state index in [0.717, 1.165) is 45.0 Å². The summed E-state index contributed by atoms with van der Waals surface area (Å²) in [6, 6.07) is 11.7. The standard InChI is InChI=1S/C24H20BrN7O2/c25-20-21(14-6-9-31(10-7-14)24(33)19-5-8-29-34-19)30-23-17(13-28-32(23)22(20)26)16-11-15-3-1-2-4-18(15)27-12-16/h1-5,8,11-14H,6-7,9-10,26H2. The molecule has 170 valence electrons. The van der Waals surface area contributed by atoms with E-state index in [-0.39, 0.29) is 17.6 Å². The molecular formula is C24H20BrN7O2. The number of nitrogen functional groups attached to an aromatic ring is 1. The van der Waals surface area contributed by atoms with Crippen LogP contribution in [0, 0.1) is 0 Å². The van der Waals surface area contributed by atoms with Crippen LogP contribution in [0.2, 0.25) is 0 Å². The molecule has 10 heteroatoms. The van der Waals surface area contributed by atoms with Crippen LogP contribution in [-0.4, -0.2) is 48.6 Å². The van der Waals surface area contributed by atoms with Crippen LogP contribution >= 0.6 is 15.9 Å². The summed E-state index contributed by atoms with van der Waals surface area (Å²) in [6.45, 7) is 1.20. The summed E-state index contributed by atoms with van der Waals surface area (Å²) in [5.74, 6) is 0.772. The number of benzene rings is 1. The topological polar surface area (TPSA) is 115 Å². The number of halogens is 1. The summed E-state index contributed by atoms with van der Waals surface area (Å²) in [6.07, 6.45) is 6.63. The minimum absolute atomic E-state index is 0.139. The number of carbonyl (C=O) groups excluding carboxylic acids is 1. The summed E-state index contributed by atoms with van der Waals surface area (Å²) in [7, 11) is 0. The van der Waals surface area contributed by atoms with E-state index in [9.17, 15) is 4.79 Å². The number of nitrogens with zero attached hydrogens (tertiary/aromatic N) is 6. The number of para-hydroxylation sites is 1. The molecule has 34 heavy (non-hydrogen) atoms. The first-order valence-corrected chi connectivity index (χ1v) is 11.8. The summed E-state index contributed by atoms with van der Waals surface area (Å²) < 4.78 is 7.42. The van der Waals surface area contributed by atoms with Gasteiger partial charge in [0.25, 0.3) is 5.91 Å². The number of pyridine rings is 1. The predicted molar refractivity (Wildman–Crippen MR) is 130 cm³/mol. The van der Waals surface area contributed by atoms with Gasteiger partial charge in [-0.25, -0.2) is 4.98 Å². The van der Waals surface area contributed by atoms with Crippen molar-refractivity contribution in [3.63, 3.8) is 0 Å². The van der Waals surface area contributed by atoms with Gasteiger partial charge in [-0.15, -0.1) is 0 Å². The Balaban J connectivity index is 1.34. The van der Waals surface area contributed by atoms with Crippen molar-refractivity contribution in [1.82, 2.24) is 29.6 Å². The minimum atomic E-state index is -0.139. The second kappa shape index (κ2) is 8.21. The highest BCUT2D eigenvalue weighted by Gasteiger charge is 2.29. The maximum absolute atomic E-state index is 12.6. The van der Waals surface area contributed by atoms with Crippen molar-refractivity contribution in [2.45, 2.75) is 18.8 Å². The van der Waals surface area contributed by atoms with E-state index in [4.69, 9.17) is 15.2 Å². The van der Waals surface area contributed by atoms with Crippen LogP contribution < -0.4 is 5.73 Å². The Morgan fingerprint density at radius 1 is 1.15 bits per heavy atom. The van der Waals surface area contributed by atoms with Gasteiger partial charge in [-0.2, -0.15) is 9.61 Å². The van der Waals surface area contributed by atoms with Gasteiger partial charge >= 0.3 is 0 Å². The average Bonchev–Trinajstić information content (AvgIpc) is 3.56. The molecule has 1 aliphatic heterocycles. The second-order valence-corrected chi connectivity index (χ2v) is 9.14. The Kier molecular flexibility index (Phi) is 5.02. The fourth-order valence-corrected chi connectivity index (χ4v) is 5.12. The molecule has 2 N–H and O–H groups in total. The Morgan fingerprint density at radius 3 is 2.76 bits per heavy atom. The summed E-state index contributed by atoms with van der Waals surface area (Å²) >= 11 is 3.65. The molecule has 1 amide bonds. The molecule has 0 saturated carbocycles. The highest BCUT2D eigenvalue weighted by molar-refractivity contribution is 9.10. The van der Waals surface area contributed by atoms with Gasteiger partial charge in [0.05, 0.1) is 28.1 Å². The molecule has 0 atom stereocenters. The van der Waals surface area contributed by atoms with Crippen molar-refractivity contribution >= 4 is 44.2 Å². The summed E-state index contributed by atoms with van der Waals surface area (Å²) in [4.78, 5) is 24.0. The van der Waals surface area contributed by atoms with Crippen LogP contribution in [0.1, 0.15) is 35.0 Å². The normalized spacial score (nSPS) is 14.8. The zero-order valence-electron chi connectivity index (χ0n) is 18.1. The zero-order valence-corrected chi connectivity index (χ0v) is 19.6. The van der Waals surface area contributed by atoms with E-state index in [2.05, 4.69) is 37.2 Å². The zero-order chi connectivity index (χ0) is 23.2. The number of fused-ring (bicyclic) bond motifs is 2. The highest BCUT2D eigenvalue weighted by atomic mass is 79.9. The average molecular weight is 518 g/mol. The number of amides is 1. The number of piperidine rings is 1. The number of nitrogens with two attached hydrogens (primary N) is 1. The van der Waals surface area contributed by atoms with E-state index in [1.165, 1.54) is 6.20 Å². The van der Waals surface area contributed by atoms with Crippen LogP contribution in [0.3, 0.4) is 0 Å². The van der Waals surface area contributed by atoms with Crippen LogP contribution in [0.4, 0.5) is 5.82 Å². The fourth-order valence-electron chi connectivity index (χ4n) is 4.54. The van der Waals surface area contributed by atoms with Crippen LogP contribution in [0.5, 0.6) is 0 Å². The number of hydrogen-bond donors (Lipinski definition) is 1. The molecule has 0 aliphatic carbocycles. The van der Waals surface area contributed by atoms with Gasteiger partial charge < -0.3 is 15.2 Å². The Hall–Kier alpha value is -3.79. The van der Waals surface area contributed by atoms with Gasteiger partial charge in [0.2, 0.25) is 5.76 Å². The van der Waals surface area contributed by atoms with Crippen molar-refractivity contribution in [2.75, 3.05) is 18.8 Å². The van der Waals surface area contributed by atoms with E-state index in [0.29, 0.717) is 24.6 Å². The Bertz CT molecular complexity index is 1520. The van der Waals surface area contributed by atoms with Crippen molar-refractivity contribution in [1.29, 1.82) is 0 Å². The van der Waals surface area contributed by atoms with Crippen molar-refractivity contribution in [3.05, 3.63) is 70.9 Å². The van der Waals surface area contributed by atoms with Gasteiger partial charge in [0, 0.05) is 47.8 Å². The van der Waals surface area contributed by atoms with Gasteiger partial charge in [0.15, 0.2) is 5.65 Å². The third kappa shape index (κ3) is 3.41. The molecule has 4 aromatic heterocycles. The highest BCUT2D eigenvalue weighted by Crippen LogP contribution is 2.37. The smallest absolute Gasteiger partial charge is 0.292 e. The third-order valence-corrected chi connectivity index (χ3v) is 7.18. The lowest BCUT2D eigenvalue weighted by Gasteiger charge is -2.31. The van der Waals surface area contributed by atoms with Crippen LogP contribution in [-0.2, 0) is 0 Å². The molecule has 0 spiro atoms. The molecule has 1 saturated heterocycles. The molecule has 6 rings (SSSR count). The Labute approximate surface area is 202 Å². The van der Waals surface area contributed by atoms with Crippen molar-refractivity contribution in [3.8, 4) is 11.1 Å². The summed E-state index contributed by atoms with van der Waals surface area (Å²) in [5.41, 5.74) is 10.8. The maximum atomic E-state index is 12.6. The van der Waals surface area contributed by atoms with Gasteiger partial charge in [-0.05, 0) is 40.9 Å². The number of hydrogen-bond acceptors (Lipinski definition) is 7. The molecule has 1 aliphatic rings. The van der Waals surface area contributed by atoms with Crippen molar-refractivity contribution < 1.29 is 9.32 Å². The molecule has 1 fully saturated rings. The predicted octanol–water partition coefficient (Wildman–Crippen LogP) is 4.30. The second-order valence-electron chi connectivity index (χ2n) is 8.35. The first-order chi connectivity index (χ1) is 16.6. The molecule has 0 radical (unpaired) electrons. The quantitative estimate of drug-likeness (QED) is 0.379. The molecule has 1 aromatic carbocycles. The lowest BCUT2D eigenvalue weighted by Crippen LogP contribution is -2.38. The van der Waals surface area contributed by atoms with E-state index in [1.807, 2.05) is 30.5 Å². The van der Waals surface area contributed by atoms with Gasteiger partial charge in [-0.3, -0.25) is 9.78 Å². The van der Waals surface area contributed by atoms with Gasteiger partial charge in [0.1, 0.15) is 5.82 Å². The number of aromatic nitrogens is 5. The monoisotopic (exact) mass is 517 g/mol. The third-order valence-electron chi connectivity index (χ3n) is 6.37. The first-order valence-electron chi connectivity index (χ1n) is 11.0. The molecule has 5 heterocycles. The minimum Gasteiger partial charge on any atom is -0.383 e.